The van der Waals surface area contributed by atoms with E-state index in [0.717, 1.165) is 18.4 Å². The standard InChI is InChI=1S/C20H23FN2O3S/c21-17-11-9-16(10-12-17)13-14-22-20(24)19-8-4-5-15-23(19)27(25,26)18-6-2-1-3-7-18/h1-3,6-7,9-12,19H,4-5,8,13-15H2,(H,22,24). The third kappa shape index (κ3) is 4.73. The maximum atomic E-state index is 12.9. The highest BCUT2D eigenvalue weighted by Gasteiger charge is 2.37. The largest absolute Gasteiger partial charge is 0.354 e. The minimum atomic E-state index is -3.71. The zero-order valence-electron chi connectivity index (χ0n) is 15.0. The number of nitrogens with one attached hydrogen (secondary N) is 1. The van der Waals surface area contributed by atoms with Crippen LogP contribution in [0.25, 0.3) is 0 Å². The van der Waals surface area contributed by atoms with Gasteiger partial charge in [0.2, 0.25) is 15.9 Å². The molecule has 1 unspecified atom stereocenters. The summed E-state index contributed by atoms with van der Waals surface area (Å²) in [6.07, 6.45) is 2.63. The highest BCUT2D eigenvalue weighted by molar-refractivity contribution is 7.89. The van der Waals surface area contributed by atoms with Gasteiger partial charge < -0.3 is 5.32 Å². The van der Waals surface area contributed by atoms with E-state index in [1.54, 1.807) is 42.5 Å². The van der Waals surface area contributed by atoms with Gasteiger partial charge >= 0.3 is 0 Å². The summed E-state index contributed by atoms with van der Waals surface area (Å²) in [7, 11) is -3.71. The van der Waals surface area contributed by atoms with Crippen LogP contribution >= 0.6 is 0 Å². The van der Waals surface area contributed by atoms with Crippen LogP contribution in [0.2, 0.25) is 0 Å². The Morgan fingerprint density at radius 2 is 1.78 bits per heavy atom. The number of halogens is 1. The van der Waals surface area contributed by atoms with Crippen molar-refractivity contribution in [3.05, 3.63) is 66.0 Å². The molecule has 1 amide bonds. The number of amides is 1. The minimum absolute atomic E-state index is 0.205. The molecule has 1 aliphatic rings. The van der Waals surface area contributed by atoms with Crippen LogP contribution in [0.15, 0.2) is 59.5 Å². The summed E-state index contributed by atoms with van der Waals surface area (Å²) >= 11 is 0. The average Bonchev–Trinajstić information content (AvgIpc) is 2.70. The lowest BCUT2D eigenvalue weighted by molar-refractivity contribution is -0.125. The molecule has 0 radical (unpaired) electrons. The van der Waals surface area contributed by atoms with Crippen molar-refractivity contribution in [2.24, 2.45) is 0 Å². The zero-order chi connectivity index (χ0) is 19.3. The molecule has 2 aromatic rings. The molecule has 1 N–H and O–H groups in total. The molecule has 3 rings (SSSR count). The molecule has 2 aromatic carbocycles. The molecule has 1 fully saturated rings. The van der Waals surface area contributed by atoms with Gasteiger partial charge in [-0.15, -0.1) is 0 Å². The van der Waals surface area contributed by atoms with Crippen molar-refractivity contribution in [2.75, 3.05) is 13.1 Å². The number of sulfonamides is 1. The lowest BCUT2D eigenvalue weighted by Crippen LogP contribution is -2.52. The number of rotatable bonds is 6. The van der Waals surface area contributed by atoms with Gasteiger partial charge in [0.15, 0.2) is 0 Å². The Morgan fingerprint density at radius 3 is 2.48 bits per heavy atom. The predicted molar refractivity (Wildman–Crippen MR) is 101 cm³/mol. The van der Waals surface area contributed by atoms with Gasteiger partial charge in [0.05, 0.1) is 4.90 Å². The first-order chi connectivity index (χ1) is 13.0. The Labute approximate surface area is 159 Å². The average molecular weight is 390 g/mol. The van der Waals surface area contributed by atoms with Crippen LogP contribution in [0, 0.1) is 5.82 Å². The molecular formula is C20H23FN2O3S. The van der Waals surface area contributed by atoms with Gasteiger partial charge in [0, 0.05) is 13.1 Å². The van der Waals surface area contributed by atoms with Crippen molar-refractivity contribution < 1.29 is 17.6 Å². The summed E-state index contributed by atoms with van der Waals surface area (Å²) in [6.45, 7) is 0.716. The van der Waals surface area contributed by atoms with Crippen LogP contribution in [-0.2, 0) is 21.2 Å². The summed E-state index contributed by atoms with van der Waals surface area (Å²) in [5, 5.41) is 2.83. The highest BCUT2D eigenvalue weighted by Crippen LogP contribution is 2.25. The molecule has 1 heterocycles. The second kappa shape index (κ2) is 8.63. The molecule has 1 saturated heterocycles. The van der Waals surface area contributed by atoms with Crippen molar-refractivity contribution in [2.45, 2.75) is 36.6 Å². The molecule has 0 aliphatic carbocycles. The predicted octanol–water partition coefficient (Wildman–Crippen LogP) is 2.73. The van der Waals surface area contributed by atoms with E-state index in [4.69, 9.17) is 0 Å². The first-order valence-corrected chi connectivity index (χ1v) is 10.5. The van der Waals surface area contributed by atoms with Crippen molar-refractivity contribution in [1.82, 2.24) is 9.62 Å². The summed E-state index contributed by atoms with van der Waals surface area (Å²) in [4.78, 5) is 12.9. The first kappa shape index (κ1) is 19.5. The minimum Gasteiger partial charge on any atom is -0.354 e. The Balaban J connectivity index is 1.66. The van der Waals surface area contributed by atoms with Gasteiger partial charge in [-0.25, -0.2) is 12.8 Å². The third-order valence-electron chi connectivity index (χ3n) is 4.73. The fourth-order valence-electron chi connectivity index (χ4n) is 3.28. The third-order valence-corrected chi connectivity index (χ3v) is 6.65. The van der Waals surface area contributed by atoms with Crippen LogP contribution < -0.4 is 5.32 Å². The van der Waals surface area contributed by atoms with E-state index in [0.29, 0.717) is 25.9 Å². The fraction of sp³-hybridized carbons (Fsp3) is 0.350. The van der Waals surface area contributed by atoms with Crippen LogP contribution in [0.4, 0.5) is 4.39 Å². The maximum Gasteiger partial charge on any atom is 0.243 e. The molecule has 7 heteroatoms. The second-order valence-corrected chi connectivity index (χ2v) is 8.50. The topological polar surface area (TPSA) is 66.5 Å². The summed E-state index contributed by atoms with van der Waals surface area (Å²) < 4.78 is 40.1. The van der Waals surface area contributed by atoms with Gasteiger partial charge in [0.1, 0.15) is 11.9 Å². The van der Waals surface area contributed by atoms with Crippen LogP contribution in [0.5, 0.6) is 0 Å². The summed E-state index contributed by atoms with van der Waals surface area (Å²) in [5.74, 6) is -0.580. The lowest BCUT2D eigenvalue weighted by Gasteiger charge is -2.33. The number of hydrogen-bond acceptors (Lipinski definition) is 3. The molecule has 0 saturated carbocycles. The normalized spacial score (nSPS) is 18.2. The van der Waals surface area contributed by atoms with Gasteiger partial charge in [0.25, 0.3) is 0 Å². The Bertz CT molecular complexity index is 870. The zero-order valence-corrected chi connectivity index (χ0v) is 15.8. The van der Waals surface area contributed by atoms with E-state index in [1.165, 1.54) is 16.4 Å². The van der Waals surface area contributed by atoms with Crippen LogP contribution in [0.1, 0.15) is 24.8 Å². The number of hydrogen-bond donors (Lipinski definition) is 1. The quantitative estimate of drug-likeness (QED) is 0.825. The van der Waals surface area contributed by atoms with Gasteiger partial charge in [-0.1, -0.05) is 36.8 Å². The monoisotopic (exact) mass is 390 g/mol. The summed E-state index contributed by atoms with van der Waals surface area (Å²) in [6, 6.07) is 13.6. The molecule has 1 atom stereocenters. The van der Waals surface area contributed by atoms with Gasteiger partial charge in [-0.3, -0.25) is 4.79 Å². The van der Waals surface area contributed by atoms with Gasteiger partial charge in [-0.2, -0.15) is 4.31 Å². The molecule has 27 heavy (non-hydrogen) atoms. The van der Waals surface area contributed by atoms with E-state index >= 15 is 0 Å². The van der Waals surface area contributed by atoms with E-state index in [1.807, 2.05) is 0 Å². The number of nitrogens with zero attached hydrogens (tertiary/aromatic N) is 1. The van der Waals surface area contributed by atoms with Crippen molar-refractivity contribution in [1.29, 1.82) is 0 Å². The molecule has 5 nitrogen and oxygen atoms in total. The van der Waals surface area contributed by atoms with Crippen molar-refractivity contribution >= 4 is 15.9 Å². The van der Waals surface area contributed by atoms with E-state index in [-0.39, 0.29) is 16.6 Å². The molecule has 144 valence electrons. The SMILES string of the molecule is O=C(NCCc1ccc(F)cc1)C1CCCCN1S(=O)(=O)c1ccccc1. The highest BCUT2D eigenvalue weighted by atomic mass is 32.2. The molecule has 1 aliphatic heterocycles. The maximum absolute atomic E-state index is 12.9. The fourth-order valence-corrected chi connectivity index (χ4v) is 4.96. The van der Waals surface area contributed by atoms with E-state index < -0.39 is 16.1 Å². The van der Waals surface area contributed by atoms with E-state index in [2.05, 4.69) is 5.32 Å². The molecule has 0 aromatic heterocycles. The second-order valence-electron chi connectivity index (χ2n) is 6.61. The number of carbonyl (C=O) groups is 1. The lowest BCUT2D eigenvalue weighted by atomic mass is 10.0. The van der Waals surface area contributed by atoms with Crippen molar-refractivity contribution in [3.63, 3.8) is 0 Å². The Kier molecular flexibility index (Phi) is 6.23. The van der Waals surface area contributed by atoms with Crippen LogP contribution in [0.3, 0.4) is 0 Å². The van der Waals surface area contributed by atoms with Crippen LogP contribution in [-0.4, -0.2) is 37.8 Å². The smallest absolute Gasteiger partial charge is 0.243 e. The molecular weight excluding hydrogens is 367 g/mol. The van der Waals surface area contributed by atoms with Gasteiger partial charge in [-0.05, 0) is 49.1 Å². The number of piperidine rings is 1. The Hall–Kier alpha value is -2.25. The first-order valence-electron chi connectivity index (χ1n) is 9.07. The number of benzene rings is 2. The van der Waals surface area contributed by atoms with Crippen molar-refractivity contribution in [3.8, 4) is 0 Å². The number of carbonyl (C=O) groups excluding carboxylic acids is 1. The summed E-state index contributed by atoms with van der Waals surface area (Å²) in [5.41, 5.74) is 0.911. The molecule has 0 bridgehead atoms. The Morgan fingerprint density at radius 1 is 1.07 bits per heavy atom. The van der Waals surface area contributed by atoms with E-state index in [9.17, 15) is 17.6 Å². The molecule has 0 spiro atoms.